The number of carbonyl (C=O) groups is 2. The molecule has 2 heterocycles. The second kappa shape index (κ2) is 6.75. The molecule has 0 saturated carbocycles. The first-order valence-corrected chi connectivity index (χ1v) is 7.68. The first-order chi connectivity index (χ1) is 12.4. The third-order valence-electron chi connectivity index (χ3n) is 3.93. The topological polar surface area (TPSA) is 147 Å². The Balaban J connectivity index is 2.07. The van der Waals surface area contributed by atoms with E-state index in [1.807, 2.05) is 0 Å². The number of nitrogens with one attached hydrogen (secondary N) is 1. The summed E-state index contributed by atoms with van der Waals surface area (Å²) in [5.74, 6) is 0.0468. The summed E-state index contributed by atoms with van der Waals surface area (Å²) in [6, 6.07) is 4.47. The normalized spacial score (nSPS) is 15.8. The van der Waals surface area contributed by atoms with Crippen LogP contribution in [0.2, 0.25) is 0 Å². The lowest BCUT2D eigenvalue weighted by Crippen LogP contribution is -2.31. The summed E-state index contributed by atoms with van der Waals surface area (Å²) in [6.45, 7) is 1.47. The number of primary amides is 2. The Morgan fingerprint density at radius 3 is 2.73 bits per heavy atom. The Morgan fingerprint density at radius 2 is 2.08 bits per heavy atom. The van der Waals surface area contributed by atoms with E-state index in [1.54, 1.807) is 29.8 Å². The van der Waals surface area contributed by atoms with Crippen LogP contribution in [-0.4, -0.2) is 40.3 Å². The zero-order valence-electron chi connectivity index (χ0n) is 14.2. The summed E-state index contributed by atoms with van der Waals surface area (Å²) in [7, 11) is 1.47. The van der Waals surface area contributed by atoms with Gasteiger partial charge in [-0.05, 0) is 24.6 Å². The van der Waals surface area contributed by atoms with E-state index in [4.69, 9.17) is 20.9 Å². The van der Waals surface area contributed by atoms with E-state index in [0.29, 0.717) is 34.3 Å². The van der Waals surface area contributed by atoms with Crippen molar-refractivity contribution in [3.05, 3.63) is 41.4 Å². The number of nitrogens with zero attached hydrogens (tertiary/aromatic N) is 3. The zero-order valence-corrected chi connectivity index (χ0v) is 14.2. The molecule has 2 aromatic rings. The summed E-state index contributed by atoms with van der Waals surface area (Å²) in [5, 5.41) is 7.19. The molecule has 0 spiro atoms. The summed E-state index contributed by atoms with van der Waals surface area (Å²) in [4.78, 5) is 27.1. The van der Waals surface area contributed by atoms with Gasteiger partial charge in [0.2, 0.25) is 11.9 Å². The SMILES string of the molecule is COc1cc([C@H]2C(C(N)=O)=C(C)Nc3ncnn32)ccc1OCC(N)=O. The minimum Gasteiger partial charge on any atom is -0.493 e. The molecule has 0 radical (unpaired) electrons. The van der Waals surface area contributed by atoms with Crippen LogP contribution in [0, 0.1) is 0 Å². The fourth-order valence-corrected chi connectivity index (χ4v) is 2.84. The Bertz CT molecular complexity index is 904. The van der Waals surface area contributed by atoms with Crippen molar-refractivity contribution in [2.24, 2.45) is 11.5 Å². The molecule has 1 aromatic carbocycles. The highest BCUT2D eigenvalue weighted by molar-refractivity contribution is 5.95. The van der Waals surface area contributed by atoms with Gasteiger partial charge in [0, 0.05) is 5.70 Å². The number of rotatable bonds is 6. The van der Waals surface area contributed by atoms with Gasteiger partial charge in [0.1, 0.15) is 12.4 Å². The highest BCUT2D eigenvalue weighted by atomic mass is 16.5. The number of aromatic nitrogens is 3. The fraction of sp³-hybridized carbons (Fsp3) is 0.250. The molecule has 1 aromatic heterocycles. The summed E-state index contributed by atoms with van der Waals surface area (Å²) in [5.41, 5.74) is 12.3. The number of methoxy groups -OCH3 is 1. The van der Waals surface area contributed by atoms with Gasteiger partial charge in [0.15, 0.2) is 18.1 Å². The quantitative estimate of drug-likeness (QED) is 0.654. The van der Waals surface area contributed by atoms with Crippen LogP contribution in [0.15, 0.2) is 35.8 Å². The molecule has 2 amide bonds. The smallest absolute Gasteiger partial charge is 0.255 e. The minimum absolute atomic E-state index is 0.276. The molecule has 1 aliphatic rings. The fourth-order valence-electron chi connectivity index (χ4n) is 2.84. The number of hydrogen-bond donors (Lipinski definition) is 3. The number of allylic oxidation sites excluding steroid dienone is 1. The van der Waals surface area contributed by atoms with Gasteiger partial charge in [-0.15, -0.1) is 0 Å². The van der Waals surface area contributed by atoms with E-state index in [-0.39, 0.29) is 6.61 Å². The van der Waals surface area contributed by atoms with E-state index < -0.39 is 17.9 Å². The van der Waals surface area contributed by atoms with Gasteiger partial charge in [0.25, 0.3) is 5.91 Å². The molecule has 10 heteroatoms. The number of hydrogen-bond acceptors (Lipinski definition) is 7. The average Bonchev–Trinajstić information content (AvgIpc) is 3.06. The van der Waals surface area contributed by atoms with Crippen LogP contribution in [0.25, 0.3) is 0 Å². The minimum atomic E-state index is -0.601. The standard InChI is InChI=1S/C16H18N6O4/c1-8-13(15(18)24)14(22-16(21-8)19-7-20-22)9-3-4-10(11(5-9)25-2)26-6-12(17)23/h3-5,7,14H,6H2,1-2H3,(H2,17,23)(H2,18,24)(H,19,20,21)/t14-/m0/s1. The van der Waals surface area contributed by atoms with E-state index in [9.17, 15) is 9.59 Å². The molecular weight excluding hydrogens is 340 g/mol. The Kier molecular flexibility index (Phi) is 4.48. The highest BCUT2D eigenvalue weighted by Gasteiger charge is 2.32. The van der Waals surface area contributed by atoms with Crippen LogP contribution < -0.4 is 26.3 Å². The van der Waals surface area contributed by atoms with Gasteiger partial charge in [-0.2, -0.15) is 10.1 Å². The predicted molar refractivity (Wildman–Crippen MR) is 91.4 cm³/mol. The van der Waals surface area contributed by atoms with Crippen LogP contribution in [0.3, 0.4) is 0 Å². The monoisotopic (exact) mass is 358 g/mol. The Morgan fingerprint density at radius 1 is 1.31 bits per heavy atom. The molecule has 1 atom stereocenters. The molecule has 10 nitrogen and oxygen atoms in total. The van der Waals surface area contributed by atoms with Crippen LogP contribution >= 0.6 is 0 Å². The molecule has 0 saturated heterocycles. The Hall–Kier alpha value is -3.56. The van der Waals surface area contributed by atoms with Gasteiger partial charge < -0.3 is 26.3 Å². The maximum Gasteiger partial charge on any atom is 0.255 e. The van der Waals surface area contributed by atoms with Crippen LogP contribution in [0.1, 0.15) is 18.5 Å². The second-order valence-corrected chi connectivity index (χ2v) is 5.62. The summed E-state index contributed by atoms with van der Waals surface area (Å²) in [6.07, 6.45) is 1.38. The van der Waals surface area contributed by atoms with Crippen molar-refractivity contribution >= 4 is 17.8 Å². The highest BCUT2D eigenvalue weighted by Crippen LogP contribution is 2.38. The number of carbonyl (C=O) groups excluding carboxylic acids is 2. The van der Waals surface area contributed by atoms with Crippen molar-refractivity contribution in [3.8, 4) is 11.5 Å². The van der Waals surface area contributed by atoms with Gasteiger partial charge in [-0.3, -0.25) is 9.59 Å². The zero-order chi connectivity index (χ0) is 18.8. The van der Waals surface area contributed by atoms with Gasteiger partial charge in [0.05, 0.1) is 12.7 Å². The first-order valence-electron chi connectivity index (χ1n) is 7.68. The van der Waals surface area contributed by atoms with Crippen molar-refractivity contribution in [3.63, 3.8) is 0 Å². The van der Waals surface area contributed by atoms with Crippen LogP contribution in [0.4, 0.5) is 5.95 Å². The lowest BCUT2D eigenvalue weighted by Gasteiger charge is -2.28. The lowest BCUT2D eigenvalue weighted by molar-refractivity contribution is -0.120. The lowest BCUT2D eigenvalue weighted by atomic mass is 9.95. The number of benzene rings is 1. The third-order valence-corrected chi connectivity index (χ3v) is 3.93. The molecular formula is C16H18N6O4. The maximum atomic E-state index is 12.0. The van der Waals surface area contributed by atoms with E-state index in [2.05, 4.69) is 15.4 Å². The number of nitrogens with two attached hydrogens (primary N) is 2. The van der Waals surface area contributed by atoms with E-state index in [1.165, 1.54) is 13.4 Å². The average molecular weight is 358 g/mol. The molecule has 0 aliphatic carbocycles. The first kappa shape index (κ1) is 17.3. The van der Waals surface area contributed by atoms with Crippen molar-refractivity contribution in [2.75, 3.05) is 19.0 Å². The number of ether oxygens (including phenoxy) is 2. The number of anilines is 1. The molecule has 5 N–H and O–H groups in total. The Labute approximate surface area is 148 Å². The van der Waals surface area contributed by atoms with Crippen molar-refractivity contribution in [1.29, 1.82) is 0 Å². The van der Waals surface area contributed by atoms with Crippen molar-refractivity contribution in [2.45, 2.75) is 13.0 Å². The van der Waals surface area contributed by atoms with Crippen molar-refractivity contribution < 1.29 is 19.1 Å². The molecule has 0 fully saturated rings. The number of amides is 2. The van der Waals surface area contributed by atoms with E-state index >= 15 is 0 Å². The van der Waals surface area contributed by atoms with Crippen molar-refractivity contribution in [1.82, 2.24) is 14.8 Å². The third kappa shape index (κ3) is 3.04. The summed E-state index contributed by atoms with van der Waals surface area (Å²) < 4.78 is 12.2. The second-order valence-electron chi connectivity index (χ2n) is 5.62. The maximum absolute atomic E-state index is 12.0. The molecule has 3 rings (SSSR count). The van der Waals surface area contributed by atoms with Crippen LogP contribution in [0.5, 0.6) is 11.5 Å². The molecule has 0 unspecified atom stereocenters. The van der Waals surface area contributed by atoms with Gasteiger partial charge in [-0.1, -0.05) is 6.07 Å². The largest absolute Gasteiger partial charge is 0.493 e. The van der Waals surface area contributed by atoms with Gasteiger partial charge in [-0.25, -0.2) is 4.68 Å². The van der Waals surface area contributed by atoms with E-state index in [0.717, 1.165) is 0 Å². The molecule has 1 aliphatic heterocycles. The molecule has 26 heavy (non-hydrogen) atoms. The van der Waals surface area contributed by atoms with Crippen LogP contribution in [-0.2, 0) is 9.59 Å². The predicted octanol–water partition coefficient (Wildman–Crippen LogP) is -0.0750. The number of fused-ring (bicyclic) bond motifs is 1. The molecule has 0 bridgehead atoms. The molecule has 136 valence electrons. The van der Waals surface area contributed by atoms with Gasteiger partial charge >= 0.3 is 0 Å². The summed E-state index contributed by atoms with van der Waals surface area (Å²) >= 11 is 0.